The van der Waals surface area contributed by atoms with Gasteiger partial charge in [-0.2, -0.15) is 16.8 Å². The topological polar surface area (TPSA) is 170 Å². The molecule has 6 aromatic carbocycles. The van der Waals surface area contributed by atoms with Crippen molar-refractivity contribution in [3.63, 3.8) is 0 Å². The number of nitrogens with zero attached hydrogens (tertiary/aromatic N) is 1. The van der Waals surface area contributed by atoms with Crippen molar-refractivity contribution in [2.75, 3.05) is 16.0 Å². The summed E-state index contributed by atoms with van der Waals surface area (Å²) in [5, 5.41) is 11.5. The van der Waals surface area contributed by atoms with Gasteiger partial charge in [-0.1, -0.05) is 60.7 Å². The summed E-state index contributed by atoms with van der Waals surface area (Å²) >= 11 is 0. The van der Waals surface area contributed by atoms with E-state index in [1.54, 1.807) is 50.2 Å². The molecule has 0 aromatic heterocycles. The highest BCUT2D eigenvalue weighted by atomic mass is 32.2. The number of anilines is 6. The minimum atomic E-state index is -4.67. The molecule has 11 nitrogen and oxygen atoms in total. The van der Waals surface area contributed by atoms with Crippen LogP contribution in [0.1, 0.15) is 33.4 Å². The summed E-state index contributed by atoms with van der Waals surface area (Å²) in [6.45, 7) is 11.2. The lowest BCUT2D eigenvalue weighted by Gasteiger charge is -2.21. The molecule has 314 valence electrons. The molecular formula is C49H44N4O7S2. The third-order valence-corrected chi connectivity index (χ3v) is 13.1. The predicted molar refractivity (Wildman–Crippen MR) is 247 cm³/mol. The van der Waals surface area contributed by atoms with Crippen molar-refractivity contribution in [3.05, 3.63) is 166 Å². The summed E-state index contributed by atoms with van der Waals surface area (Å²) in [5.41, 5.74) is 11.2. The van der Waals surface area contributed by atoms with Gasteiger partial charge in [-0.15, -0.1) is 0 Å². The van der Waals surface area contributed by atoms with Crippen molar-refractivity contribution in [1.82, 2.24) is 0 Å². The van der Waals surface area contributed by atoms with E-state index in [0.29, 0.717) is 61.4 Å². The number of para-hydroxylation sites is 2. The number of nitrogens with one attached hydrogen (secondary N) is 3. The van der Waals surface area contributed by atoms with Crippen LogP contribution in [0.5, 0.6) is 0 Å². The van der Waals surface area contributed by atoms with Gasteiger partial charge in [-0.05, 0) is 130 Å². The van der Waals surface area contributed by atoms with Crippen LogP contribution in [0, 0.1) is 41.5 Å². The van der Waals surface area contributed by atoms with E-state index in [9.17, 15) is 25.9 Å². The fourth-order valence-corrected chi connectivity index (χ4v) is 9.99. The van der Waals surface area contributed by atoms with Gasteiger partial charge in [-0.25, -0.2) is 4.99 Å². The van der Waals surface area contributed by atoms with Crippen molar-refractivity contribution in [1.29, 1.82) is 0 Å². The lowest BCUT2D eigenvalue weighted by molar-refractivity contribution is 0.480. The van der Waals surface area contributed by atoms with Gasteiger partial charge in [-0.3, -0.25) is 9.11 Å². The molecule has 0 fully saturated rings. The van der Waals surface area contributed by atoms with E-state index in [4.69, 9.17) is 9.41 Å². The third-order valence-electron chi connectivity index (χ3n) is 11.1. The number of aryl methyl sites for hydroxylation is 2. The smallest absolute Gasteiger partial charge is 0.295 e. The summed E-state index contributed by atoms with van der Waals surface area (Å²) < 4.78 is 78.8. The molecule has 8 rings (SSSR count). The molecule has 1 aliphatic heterocycles. The number of rotatable bonds is 10. The Hall–Kier alpha value is -6.77. The van der Waals surface area contributed by atoms with Crippen LogP contribution in [0.3, 0.4) is 0 Å². The average Bonchev–Trinajstić information content (AvgIpc) is 3.23. The number of fused-ring (bicyclic) bond motifs is 2. The normalized spacial score (nSPS) is 12.2. The highest BCUT2D eigenvalue weighted by molar-refractivity contribution is 7.86. The largest absolute Gasteiger partial charge is 0.456 e. The van der Waals surface area contributed by atoms with E-state index in [1.807, 2.05) is 92.7 Å². The van der Waals surface area contributed by atoms with Gasteiger partial charge >= 0.3 is 0 Å². The Morgan fingerprint density at radius 2 is 1.10 bits per heavy atom. The Morgan fingerprint density at radius 1 is 0.516 bits per heavy atom. The van der Waals surface area contributed by atoms with Crippen LogP contribution >= 0.6 is 0 Å². The molecule has 2 aliphatic rings. The second-order valence-electron chi connectivity index (χ2n) is 15.3. The summed E-state index contributed by atoms with van der Waals surface area (Å²) in [7, 11) is -9.33. The van der Waals surface area contributed by atoms with Crippen LogP contribution in [-0.2, 0) is 20.2 Å². The predicted octanol–water partition coefficient (Wildman–Crippen LogP) is 12.0. The maximum absolute atomic E-state index is 12.9. The number of benzene rings is 7. The lowest BCUT2D eigenvalue weighted by atomic mass is 9.93. The first-order chi connectivity index (χ1) is 29.5. The second-order valence-corrected chi connectivity index (χ2v) is 18.1. The zero-order valence-electron chi connectivity index (χ0n) is 34.8. The molecule has 1 aliphatic carbocycles. The molecule has 1 heterocycles. The standard InChI is InChI=1S/C49H44N4O7S2/c1-28-25-29(2)46(30(3)45(28)50-34-15-9-7-10-16-34)52-36-21-23-38-41(26-36)60-42-27-37(22-24-39(42)44(38)40-19-13-14-20-43(40)61(54,55)56)53-48-31(4)47(51-35-17-11-8-12-18-35)32(5)49(33(48)6)62(57,58)59/h7-27,50-52H,1-6H3,(H,54,55,56)(H,57,58,59)/b53-37+. The SMILES string of the molecule is Cc1cc(C)c(Nc2ccc3c(-c4ccccc4S(=O)(=O)O)c4cc/c(=N\c5c(C)c(Nc6ccccc6)c(C)c(S(=O)(=O)O)c5C)cc-4oc3c2)c(C)c1Nc1ccccc1. The quantitative estimate of drug-likeness (QED) is 0.0658. The van der Waals surface area contributed by atoms with Gasteiger partial charge in [0.1, 0.15) is 21.1 Å². The zero-order chi connectivity index (χ0) is 44.1. The molecule has 0 saturated heterocycles. The van der Waals surface area contributed by atoms with Crippen molar-refractivity contribution in [2.24, 2.45) is 4.99 Å². The molecule has 0 saturated carbocycles. The van der Waals surface area contributed by atoms with Crippen LogP contribution in [0.4, 0.5) is 39.8 Å². The highest BCUT2D eigenvalue weighted by Gasteiger charge is 2.26. The first-order valence-electron chi connectivity index (χ1n) is 19.7. The van der Waals surface area contributed by atoms with E-state index in [2.05, 4.69) is 35.9 Å². The summed E-state index contributed by atoms with van der Waals surface area (Å²) in [5.74, 6) is 0.341. The van der Waals surface area contributed by atoms with Crippen LogP contribution < -0.4 is 21.3 Å². The third kappa shape index (κ3) is 8.06. The maximum atomic E-state index is 12.9. The zero-order valence-corrected chi connectivity index (χ0v) is 36.5. The van der Waals surface area contributed by atoms with E-state index in [-0.39, 0.29) is 20.9 Å². The Balaban J connectivity index is 1.33. The number of hydrogen-bond donors (Lipinski definition) is 5. The molecule has 0 spiro atoms. The highest BCUT2D eigenvalue weighted by Crippen LogP contribution is 2.44. The fraction of sp³-hybridized carbons (Fsp3) is 0.122. The van der Waals surface area contributed by atoms with Gasteiger partial charge in [0.05, 0.1) is 11.0 Å². The number of hydrogen-bond acceptors (Lipinski definition) is 9. The summed E-state index contributed by atoms with van der Waals surface area (Å²) in [6.07, 6.45) is 0. The van der Waals surface area contributed by atoms with Gasteiger partial charge in [0, 0.05) is 68.3 Å². The molecule has 5 N–H and O–H groups in total. The Kier molecular flexibility index (Phi) is 11.0. The van der Waals surface area contributed by atoms with Crippen LogP contribution in [0.25, 0.3) is 33.4 Å². The van der Waals surface area contributed by atoms with Gasteiger partial charge in [0.25, 0.3) is 20.2 Å². The van der Waals surface area contributed by atoms with E-state index in [0.717, 1.165) is 39.4 Å². The average molecular weight is 865 g/mol. The Bertz CT molecular complexity index is 3330. The van der Waals surface area contributed by atoms with Gasteiger partial charge in [0.2, 0.25) is 0 Å². The minimum absolute atomic E-state index is 0.247. The molecule has 6 aromatic rings. The minimum Gasteiger partial charge on any atom is -0.456 e. The molecule has 0 unspecified atom stereocenters. The Morgan fingerprint density at radius 3 is 1.71 bits per heavy atom. The van der Waals surface area contributed by atoms with Crippen LogP contribution in [-0.4, -0.2) is 25.9 Å². The van der Waals surface area contributed by atoms with Crippen molar-refractivity contribution < 1.29 is 30.4 Å². The van der Waals surface area contributed by atoms with Crippen LogP contribution in [0.2, 0.25) is 0 Å². The second kappa shape index (κ2) is 16.3. The first kappa shape index (κ1) is 41.9. The van der Waals surface area contributed by atoms with E-state index >= 15 is 0 Å². The molecular weight excluding hydrogens is 821 g/mol. The van der Waals surface area contributed by atoms with Gasteiger partial charge in [0.15, 0.2) is 0 Å². The lowest BCUT2D eigenvalue weighted by Crippen LogP contribution is -2.10. The van der Waals surface area contributed by atoms with Crippen molar-refractivity contribution in [2.45, 2.75) is 51.3 Å². The molecule has 0 bridgehead atoms. The molecule has 0 atom stereocenters. The maximum Gasteiger partial charge on any atom is 0.295 e. The summed E-state index contributed by atoms with van der Waals surface area (Å²) in [6, 6.07) is 38.3. The molecule has 0 radical (unpaired) electrons. The van der Waals surface area contributed by atoms with Crippen LogP contribution in [0.15, 0.2) is 147 Å². The van der Waals surface area contributed by atoms with E-state index in [1.165, 1.54) is 6.07 Å². The first-order valence-corrected chi connectivity index (χ1v) is 22.6. The monoisotopic (exact) mass is 864 g/mol. The van der Waals surface area contributed by atoms with Crippen molar-refractivity contribution in [3.8, 4) is 22.5 Å². The van der Waals surface area contributed by atoms with E-state index < -0.39 is 20.2 Å². The molecule has 0 amide bonds. The molecule has 13 heteroatoms. The van der Waals surface area contributed by atoms with Gasteiger partial charge < -0.3 is 20.4 Å². The van der Waals surface area contributed by atoms with Crippen molar-refractivity contribution >= 4 is 71.0 Å². The Labute approximate surface area is 360 Å². The summed E-state index contributed by atoms with van der Waals surface area (Å²) in [4.78, 5) is 4.44. The fourth-order valence-electron chi connectivity index (χ4n) is 8.32. The molecule has 62 heavy (non-hydrogen) atoms.